The average molecular weight is 453 g/mol. The van der Waals surface area contributed by atoms with Crippen LogP contribution >= 0.6 is 0 Å². The Kier molecular flexibility index (Phi) is 11.9. The largest absolute Gasteiger partial charge is 0.463 e. The molecule has 0 aliphatic carbocycles. The third-order valence-electron chi connectivity index (χ3n) is 5.23. The molecule has 2 aromatic rings. The normalized spacial score (nSPS) is 12.0. The quantitative estimate of drug-likeness (QED) is 0.192. The first-order chi connectivity index (χ1) is 16.0. The predicted octanol–water partition coefficient (Wildman–Crippen LogP) is 6.24. The van der Waals surface area contributed by atoms with Crippen LogP contribution in [-0.2, 0) is 20.7 Å². The molecule has 0 bridgehead atoms. The van der Waals surface area contributed by atoms with E-state index in [0.29, 0.717) is 18.0 Å². The van der Waals surface area contributed by atoms with Crippen molar-refractivity contribution >= 4 is 11.9 Å². The standard InChI is InChI=1S/C27H36N2O4/c1-4-6-7-8-9-14-26(31)33-24-19-28-27(29-20-24)23-17-15-22(16-18-23)13-11-10-12-21(3)32-25(30)5-2/h9,14-21H,4-8,10-13H2,1-3H3. The first kappa shape index (κ1) is 26.2. The highest BCUT2D eigenvalue weighted by molar-refractivity contribution is 5.83. The zero-order valence-corrected chi connectivity index (χ0v) is 20.1. The summed E-state index contributed by atoms with van der Waals surface area (Å²) in [6.45, 7) is 5.90. The van der Waals surface area contributed by atoms with E-state index in [9.17, 15) is 9.59 Å². The monoisotopic (exact) mass is 452 g/mol. The summed E-state index contributed by atoms with van der Waals surface area (Å²) in [6, 6.07) is 8.16. The van der Waals surface area contributed by atoms with Gasteiger partial charge in [0.05, 0.1) is 18.5 Å². The number of aryl methyl sites for hydroxylation is 1. The topological polar surface area (TPSA) is 78.4 Å². The number of nitrogens with zero attached hydrogens (tertiary/aromatic N) is 2. The van der Waals surface area contributed by atoms with Crippen LogP contribution in [0.3, 0.4) is 0 Å². The highest BCUT2D eigenvalue weighted by atomic mass is 16.5. The summed E-state index contributed by atoms with van der Waals surface area (Å²) in [4.78, 5) is 31.8. The molecule has 1 unspecified atom stereocenters. The van der Waals surface area contributed by atoms with Gasteiger partial charge in [-0.05, 0) is 51.0 Å². The molecule has 6 heteroatoms. The highest BCUT2D eigenvalue weighted by Crippen LogP contribution is 2.19. The van der Waals surface area contributed by atoms with E-state index < -0.39 is 5.97 Å². The van der Waals surface area contributed by atoms with E-state index in [1.807, 2.05) is 32.1 Å². The lowest BCUT2D eigenvalue weighted by Gasteiger charge is -2.12. The van der Waals surface area contributed by atoms with Crippen molar-refractivity contribution in [2.45, 2.75) is 84.7 Å². The number of hydrogen-bond donors (Lipinski definition) is 0. The van der Waals surface area contributed by atoms with Gasteiger partial charge < -0.3 is 9.47 Å². The van der Waals surface area contributed by atoms with Gasteiger partial charge in [-0.15, -0.1) is 0 Å². The first-order valence-corrected chi connectivity index (χ1v) is 12.0. The van der Waals surface area contributed by atoms with Gasteiger partial charge >= 0.3 is 11.9 Å². The van der Waals surface area contributed by atoms with Gasteiger partial charge in [-0.25, -0.2) is 14.8 Å². The SMILES string of the molecule is CCCCCC=CC(=O)Oc1cnc(-c2ccc(CCCCC(C)OC(=O)CC)cc2)nc1. The number of ether oxygens (including phenoxy) is 2. The molecule has 178 valence electrons. The van der Waals surface area contributed by atoms with Gasteiger partial charge in [0.2, 0.25) is 0 Å². The van der Waals surface area contributed by atoms with E-state index >= 15 is 0 Å². The lowest BCUT2D eigenvalue weighted by atomic mass is 10.0. The molecule has 0 saturated carbocycles. The molecule has 1 aromatic carbocycles. The van der Waals surface area contributed by atoms with Crippen molar-refractivity contribution in [3.05, 3.63) is 54.4 Å². The first-order valence-electron chi connectivity index (χ1n) is 12.0. The lowest BCUT2D eigenvalue weighted by Crippen LogP contribution is -2.13. The van der Waals surface area contributed by atoms with Crippen LogP contribution in [0.25, 0.3) is 11.4 Å². The van der Waals surface area contributed by atoms with Gasteiger partial charge in [0.15, 0.2) is 11.6 Å². The second-order valence-electron chi connectivity index (χ2n) is 8.16. The molecule has 0 saturated heterocycles. The lowest BCUT2D eigenvalue weighted by molar-refractivity contribution is -0.148. The second kappa shape index (κ2) is 14.9. The number of carbonyl (C=O) groups excluding carboxylic acids is 2. The molecule has 1 heterocycles. The van der Waals surface area contributed by atoms with Gasteiger partial charge in [-0.1, -0.05) is 57.0 Å². The Bertz CT molecular complexity index is 876. The van der Waals surface area contributed by atoms with Crippen molar-refractivity contribution < 1.29 is 19.1 Å². The molecular weight excluding hydrogens is 416 g/mol. The maximum Gasteiger partial charge on any atom is 0.335 e. The minimum Gasteiger partial charge on any atom is -0.463 e. The fraction of sp³-hybridized carbons (Fsp3) is 0.481. The van der Waals surface area contributed by atoms with Crippen molar-refractivity contribution in [3.8, 4) is 17.1 Å². The third-order valence-corrected chi connectivity index (χ3v) is 5.23. The number of hydrogen-bond acceptors (Lipinski definition) is 6. The van der Waals surface area contributed by atoms with Crippen LogP contribution in [-0.4, -0.2) is 28.0 Å². The Morgan fingerprint density at radius 2 is 1.73 bits per heavy atom. The fourth-order valence-electron chi connectivity index (χ4n) is 3.31. The van der Waals surface area contributed by atoms with Crippen LogP contribution in [0.15, 0.2) is 48.8 Å². The minimum absolute atomic E-state index is 0.0268. The summed E-state index contributed by atoms with van der Waals surface area (Å²) in [7, 11) is 0. The van der Waals surface area contributed by atoms with Crippen LogP contribution in [0.4, 0.5) is 0 Å². The van der Waals surface area contributed by atoms with Gasteiger partial charge in [0.25, 0.3) is 0 Å². The zero-order valence-electron chi connectivity index (χ0n) is 20.1. The number of aromatic nitrogens is 2. The van der Waals surface area contributed by atoms with Gasteiger partial charge in [0, 0.05) is 18.1 Å². The minimum atomic E-state index is -0.412. The number of allylic oxidation sites excluding steroid dienone is 1. The maximum atomic E-state index is 11.9. The van der Waals surface area contributed by atoms with Crippen molar-refractivity contribution in [1.82, 2.24) is 9.97 Å². The summed E-state index contributed by atoms with van der Waals surface area (Å²) in [5.41, 5.74) is 2.15. The highest BCUT2D eigenvalue weighted by Gasteiger charge is 2.08. The molecular formula is C27H36N2O4. The molecule has 0 amide bonds. The van der Waals surface area contributed by atoms with Crippen molar-refractivity contribution in [2.75, 3.05) is 0 Å². The van der Waals surface area contributed by atoms with E-state index in [-0.39, 0.29) is 12.1 Å². The molecule has 0 N–H and O–H groups in total. The molecule has 0 aliphatic heterocycles. The van der Waals surface area contributed by atoms with E-state index in [1.165, 1.54) is 24.0 Å². The molecule has 0 radical (unpaired) electrons. The van der Waals surface area contributed by atoms with Crippen LogP contribution in [0.1, 0.15) is 77.7 Å². The number of carbonyl (C=O) groups is 2. The second-order valence-corrected chi connectivity index (χ2v) is 8.16. The van der Waals surface area contributed by atoms with E-state index in [0.717, 1.165) is 56.9 Å². The number of benzene rings is 1. The van der Waals surface area contributed by atoms with Gasteiger partial charge in [-0.2, -0.15) is 0 Å². The molecule has 2 rings (SSSR count). The van der Waals surface area contributed by atoms with Crippen molar-refractivity contribution in [3.63, 3.8) is 0 Å². The average Bonchev–Trinajstić information content (AvgIpc) is 2.82. The summed E-state index contributed by atoms with van der Waals surface area (Å²) in [5, 5.41) is 0. The Morgan fingerprint density at radius 3 is 2.39 bits per heavy atom. The Hall–Kier alpha value is -3.02. The zero-order chi connectivity index (χ0) is 23.9. The van der Waals surface area contributed by atoms with Crippen LogP contribution in [0, 0.1) is 0 Å². The Labute approximate surface area is 197 Å². The Balaban J connectivity index is 1.76. The molecule has 0 fully saturated rings. The van der Waals surface area contributed by atoms with E-state index in [4.69, 9.17) is 9.47 Å². The van der Waals surface area contributed by atoms with Crippen LogP contribution in [0.2, 0.25) is 0 Å². The van der Waals surface area contributed by atoms with E-state index in [2.05, 4.69) is 29.0 Å². The molecule has 0 spiro atoms. The third kappa shape index (κ3) is 10.4. The van der Waals surface area contributed by atoms with E-state index in [1.54, 1.807) is 0 Å². The van der Waals surface area contributed by atoms with Crippen molar-refractivity contribution in [2.24, 2.45) is 0 Å². The maximum absolute atomic E-state index is 11.9. The van der Waals surface area contributed by atoms with Gasteiger partial charge in [-0.3, -0.25) is 4.79 Å². The van der Waals surface area contributed by atoms with Crippen molar-refractivity contribution in [1.29, 1.82) is 0 Å². The number of rotatable bonds is 14. The summed E-state index contributed by atoms with van der Waals surface area (Å²) >= 11 is 0. The van der Waals surface area contributed by atoms with Gasteiger partial charge in [0.1, 0.15) is 0 Å². The number of unbranched alkanes of at least 4 members (excludes halogenated alkanes) is 4. The fourth-order valence-corrected chi connectivity index (χ4v) is 3.31. The van der Waals surface area contributed by atoms with Crippen LogP contribution < -0.4 is 4.74 Å². The van der Waals surface area contributed by atoms with Crippen LogP contribution in [0.5, 0.6) is 5.75 Å². The molecule has 1 atom stereocenters. The predicted molar refractivity (Wildman–Crippen MR) is 130 cm³/mol. The molecule has 33 heavy (non-hydrogen) atoms. The summed E-state index contributed by atoms with van der Waals surface area (Å²) in [6.07, 6.45) is 14.9. The summed E-state index contributed by atoms with van der Waals surface area (Å²) in [5.74, 6) is 0.367. The molecule has 0 aliphatic rings. The summed E-state index contributed by atoms with van der Waals surface area (Å²) < 4.78 is 10.5. The number of esters is 2. The molecule has 1 aromatic heterocycles. The Morgan fingerprint density at radius 1 is 1.00 bits per heavy atom. The molecule has 6 nitrogen and oxygen atoms in total. The smallest absolute Gasteiger partial charge is 0.335 e.